The van der Waals surface area contributed by atoms with Gasteiger partial charge in [0.25, 0.3) is 0 Å². The number of aromatic amines is 1. The Morgan fingerprint density at radius 3 is 1.59 bits per heavy atom. The summed E-state index contributed by atoms with van der Waals surface area (Å²) in [5, 5.41) is 51.4. The number of nitrogens with one attached hydrogen (secondary N) is 9. The van der Waals surface area contributed by atoms with E-state index in [1.165, 1.54) is 18.7 Å². The Kier molecular flexibility index (Phi) is 28.0. The maximum Gasteiger partial charge on any atom is 0.326 e. The molecule has 0 bridgehead atoms. The molecule has 0 saturated heterocycles. The zero-order valence-corrected chi connectivity index (χ0v) is 46.1. The van der Waals surface area contributed by atoms with Crippen LogP contribution in [0.5, 0.6) is 0 Å². The second-order valence-electron chi connectivity index (χ2n) is 20.4. The summed E-state index contributed by atoms with van der Waals surface area (Å²) in [6.07, 6.45) is 1.68. The smallest absolute Gasteiger partial charge is 0.326 e. The van der Waals surface area contributed by atoms with Gasteiger partial charge in [-0.25, -0.2) is 4.79 Å². The average Bonchev–Trinajstić information content (AvgIpc) is 3.76. The number of aromatic nitrogens is 1. The van der Waals surface area contributed by atoms with Gasteiger partial charge in [-0.3, -0.25) is 43.2 Å². The van der Waals surface area contributed by atoms with Crippen molar-refractivity contribution >= 4 is 81.8 Å². The molecule has 76 heavy (non-hydrogen) atoms. The topological polar surface area (TPSA) is 395 Å². The zero-order chi connectivity index (χ0) is 57.6. The molecule has 9 amide bonds. The van der Waals surface area contributed by atoms with Gasteiger partial charge < -0.3 is 74.3 Å². The van der Waals surface area contributed by atoms with E-state index < -0.39 is 144 Å². The molecule has 0 spiro atoms. The quantitative estimate of drug-likeness (QED) is 0.0408. The number of rotatable bonds is 34. The summed E-state index contributed by atoms with van der Waals surface area (Å²) in [6.45, 7) is 14.4. The number of aliphatic hydroxyl groups is 2. The Hall–Kier alpha value is -6.31. The number of hydrogen-bond acceptors (Lipinski definition) is 14. The van der Waals surface area contributed by atoms with Crippen molar-refractivity contribution in [2.24, 2.45) is 35.1 Å². The van der Waals surface area contributed by atoms with E-state index in [2.05, 4.69) is 47.5 Å². The first-order chi connectivity index (χ1) is 35.6. The van der Waals surface area contributed by atoms with Crippen LogP contribution in [0.3, 0.4) is 0 Å². The molecule has 0 unspecified atom stereocenters. The van der Waals surface area contributed by atoms with Crippen molar-refractivity contribution in [3.63, 3.8) is 0 Å². The number of para-hydroxylation sites is 1. The number of benzene rings is 1. The Labute approximate surface area is 448 Å². The van der Waals surface area contributed by atoms with Gasteiger partial charge in [0.1, 0.15) is 54.4 Å². The lowest BCUT2D eigenvalue weighted by Gasteiger charge is -2.30. The number of carbonyl (C=O) groups excluding carboxylic acids is 9. The van der Waals surface area contributed by atoms with Gasteiger partial charge in [-0.05, 0) is 79.9 Å². The molecule has 0 aliphatic heterocycles. The molecule has 2 rings (SSSR count). The lowest BCUT2D eigenvalue weighted by atomic mass is 9.96. The fraction of sp³-hybridized carbons (Fsp3) is 0.647. The number of fused-ring (bicyclic) bond motifs is 1. The summed E-state index contributed by atoms with van der Waals surface area (Å²) >= 11 is 1.39. The number of aliphatic carboxylic acids is 1. The highest BCUT2D eigenvalue weighted by Crippen LogP contribution is 2.20. The van der Waals surface area contributed by atoms with Gasteiger partial charge >= 0.3 is 5.97 Å². The number of nitrogens with two attached hydrogens (primary N) is 2. The average molecular weight is 1090 g/mol. The van der Waals surface area contributed by atoms with Crippen LogP contribution in [0.4, 0.5) is 0 Å². The number of carboxylic acids is 1. The number of H-pyrrole nitrogens is 1. The molecule has 2 aromatic rings. The maximum absolute atomic E-state index is 14.7. The van der Waals surface area contributed by atoms with E-state index >= 15 is 0 Å². The standard InChI is InChI=1S/C51H83N11O13S/c1-11-28(8)41(49(72)62-42(29(9)64)50(73)56-34(16-17-39(53)65)45(68)60-40(27(6)7)51(74)75)61-48(71)38(22-30-23-54-33-15-13-12-14-31(30)33)59-44(67)35(18-19-76-10)55-46(69)37(21-26(4)5)58-47(70)36(20-25(2)3)57-43(66)32(52)24-63/h12-15,23,25-29,32,34-38,40-42,54,63-64H,11,16-22,24,52H2,1-10H3,(H2,53,65)(H,55,69)(H,56,73)(H,57,66)(H,58,70)(H,59,67)(H,60,68)(H,61,71)(H,62,72)(H,74,75)/t28-,29+,32-,34-,35-,36-,37-,38-,40-,41-,42-/m0/s1. The lowest BCUT2D eigenvalue weighted by Crippen LogP contribution is -2.63. The van der Waals surface area contributed by atoms with Crippen LogP contribution in [0.1, 0.15) is 106 Å². The minimum atomic E-state index is -1.75. The number of carboxylic acid groups (broad SMARTS) is 1. The molecule has 0 saturated carbocycles. The predicted molar refractivity (Wildman–Crippen MR) is 286 cm³/mol. The molecule has 1 aromatic heterocycles. The molecule has 0 aliphatic carbocycles. The Balaban J connectivity index is 2.55. The molecule has 1 heterocycles. The van der Waals surface area contributed by atoms with Crippen LogP contribution in [-0.2, 0) is 54.4 Å². The van der Waals surface area contributed by atoms with E-state index in [0.717, 1.165) is 10.9 Å². The van der Waals surface area contributed by atoms with Crippen molar-refractivity contribution in [3.8, 4) is 0 Å². The number of amides is 9. The molecular formula is C51H83N11O13S. The minimum Gasteiger partial charge on any atom is -0.480 e. The number of thioether (sulfide) groups is 1. The number of primary amides is 1. The van der Waals surface area contributed by atoms with Crippen LogP contribution in [0, 0.1) is 23.7 Å². The summed E-state index contributed by atoms with van der Waals surface area (Å²) in [4.78, 5) is 138. The van der Waals surface area contributed by atoms with Gasteiger partial charge in [-0.15, -0.1) is 0 Å². The van der Waals surface area contributed by atoms with Gasteiger partial charge in [0.05, 0.1) is 12.7 Å². The Morgan fingerprint density at radius 2 is 1.08 bits per heavy atom. The fourth-order valence-corrected chi connectivity index (χ4v) is 8.48. The van der Waals surface area contributed by atoms with Gasteiger partial charge in [0.2, 0.25) is 53.2 Å². The summed E-state index contributed by atoms with van der Waals surface area (Å²) in [7, 11) is 0. The second-order valence-corrected chi connectivity index (χ2v) is 21.4. The van der Waals surface area contributed by atoms with E-state index in [-0.39, 0.29) is 43.9 Å². The summed E-state index contributed by atoms with van der Waals surface area (Å²) in [5.41, 5.74) is 12.4. The highest BCUT2D eigenvalue weighted by atomic mass is 32.2. The van der Waals surface area contributed by atoms with Crippen LogP contribution in [-0.4, -0.2) is 159 Å². The predicted octanol–water partition coefficient (Wildman–Crippen LogP) is -0.813. The Bertz CT molecular complexity index is 2290. The summed E-state index contributed by atoms with van der Waals surface area (Å²) in [5.74, 6) is -9.97. The fourth-order valence-electron chi connectivity index (χ4n) is 8.01. The molecular weight excluding hydrogens is 1010 g/mol. The van der Waals surface area contributed by atoms with Crippen molar-refractivity contribution in [2.45, 2.75) is 168 Å². The largest absolute Gasteiger partial charge is 0.480 e. The molecule has 0 fully saturated rings. The first kappa shape index (κ1) is 65.8. The number of carbonyl (C=O) groups is 10. The van der Waals surface area contributed by atoms with Gasteiger partial charge in [0.15, 0.2) is 0 Å². The first-order valence-electron chi connectivity index (χ1n) is 25.7. The third kappa shape index (κ3) is 21.4. The highest BCUT2D eigenvalue weighted by molar-refractivity contribution is 7.98. The highest BCUT2D eigenvalue weighted by Gasteiger charge is 2.38. The molecule has 1 aromatic carbocycles. The molecule has 426 valence electrons. The van der Waals surface area contributed by atoms with E-state index in [4.69, 9.17) is 11.5 Å². The summed E-state index contributed by atoms with van der Waals surface area (Å²) < 4.78 is 0. The molecule has 24 nitrogen and oxygen atoms in total. The van der Waals surface area contributed by atoms with Crippen LogP contribution >= 0.6 is 11.8 Å². The number of hydrogen-bond donors (Lipinski definition) is 14. The molecule has 25 heteroatoms. The van der Waals surface area contributed by atoms with Crippen molar-refractivity contribution in [3.05, 3.63) is 36.0 Å². The third-order valence-corrected chi connectivity index (χ3v) is 13.2. The Morgan fingerprint density at radius 1 is 0.618 bits per heavy atom. The van der Waals surface area contributed by atoms with Crippen LogP contribution in [0.25, 0.3) is 10.9 Å². The van der Waals surface area contributed by atoms with Crippen LogP contribution < -0.4 is 54.0 Å². The van der Waals surface area contributed by atoms with Crippen molar-refractivity contribution in [1.82, 2.24) is 47.5 Å². The van der Waals surface area contributed by atoms with E-state index in [1.54, 1.807) is 46.2 Å². The minimum absolute atomic E-state index is 0.0802. The monoisotopic (exact) mass is 1090 g/mol. The van der Waals surface area contributed by atoms with Crippen LogP contribution in [0.15, 0.2) is 30.5 Å². The zero-order valence-electron chi connectivity index (χ0n) is 45.3. The normalized spacial score (nSPS) is 15.8. The van der Waals surface area contributed by atoms with Gasteiger partial charge in [-0.2, -0.15) is 11.8 Å². The molecule has 16 N–H and O–H groups in total. The SMILES string of the molecule is CC[C@H](C)[C@H](NC(=O)[C@H](Cc1c[nH]c2ccccc12)NC(=O)[C@H](CCSC)NC(=O)[C@H](CC(C)C)NC(=O)[C@H](CC(C)C)NC(=O)[C@@H](N)CO)C(=O)N[C@H](C(=O)N[C@@H](CCC(N)=O)C(=O)N[C@H](C(=O)O)C(C)C)[C@@H](C)O. The maximum atomic E-state index is 14.7. The first-order valence-corrected chi connectivity index (χ1v) is 27.1. The lowest BCUT2D eigenvalue weighted by molar-refractivity contribution is -0.144. The molecule has 0 aliphatic rings. The second kappa shape index (κ2) is 32.3. The van der Waals surface area contributed by atoms with E-state index in [1.807, 2.05) is 45.9 Å². The molecule has 11 atom stereocenters. The van der Waals surface area contributed by atoms with Crippen molar-refractivity contribution in [1.29, 1.82) is 0 Å². The molecule has 0 radical (unpaired) electrons. The van der Waals surface area contributed by atoms with E-state index in [9.17, 15) is 63.3 Å². The van der Waals surface area contributed by atoms with Gasteiger partial charge in [-0.1, -0.05) is 80.0 Å². The van der Waals surface area contributed by atoms with E-state index in [0.29, 0.717) is 17.7 Å². The number of aliphatic hydroxyl groups excluding tert-OH is 2. The van der Waals surface area contributed by atoms with Gasteiger partial charge in [0, 0.05) is 29.9 Å². The third-order valence-electron chi connectivity index (χ3n) is 12.6. The van der Waals surface area contributed by atoms with Crippen molar-refractivity contribution < 1.29 is 63.3 Å². The van der Waals surface area contributed by atoms with Crippen LogP contribution in [0.2, 0.25) is 0 Å². The van der Waals surface area contributed by atoms with Crippen molar-refractivity contribution in [2.75, 3.05) is 18.6 Å². The summed E-state index contributed by atoms with van der Waals surface area (Å²) in [6, 6.07) is -5.06.